The summed E-state index contributed by atoms with van der Waals surface area (Å²) in [6.07, 6.45) is 3.32. The van der Waals surface area contributed by atoms with E-state index in [0.29, 0.717) is 5.56 Å². The number of benzene rings is 2. The van der Waals surface area contributed by atoms with Crippen LogP contribution in [0.25, 0.3) is 10.8 Å². The zero-order valence-electron chi connectivity index (χ0n) is 10.5. The summed E-state index contributed by atoms with van der Waals surface area (Å²) in [4.78, 5) is 20.6. The lowest BCUT2D eigenvalue weighted by atomic mass is 10.0. The van der Waals surface area contributed by atoms with Crippen molar-refractivity contribution >= 4 is 16.6 Å². The molecule has 2 aromatic carbocycles. The summed E-state index contributed by atoms with van der Waals surface area (Å²) in [5, 5.41) is 1.97. The van der Waals surface area contributed by atoms with Gasteiger partial charge in [0.05, 0.1) is 0 Å². The van der Waals surface area contributed by atoms with Gasteiger partial charge >= 0.3 is 0 Å². The number of nitrogens with zero attached hydrogens (tertiary/aromatic N) is 2. The third-order valence-corrected chi connectivity index (χ3v) is 3.02. The van der Waals surface area contributed by atoms with Crippen LogP contribution in [0.5, 0.6) is 0 Å². The predicted octanol–water partition coefficient (Wildman–Crippen LogP) is 3.17. The molecule has 0 saturated heterocycles. The third kappa shape index (κ3) is 2.10. The van der Waals surface area contributed by atoms with E-state index in [-0.39, 0.29) is 11.6 Å². The summed E-state index contributed by atoms with van der Waals surface area (Å²) in [6.45, 7) is 1.90. The molecule has 19 heavy (non-hydrogen) atoms. The molecule has 0 radical (unpaired) electrons. The van der Waals surface area contributed by atoms with Gasteiger partial charge in [0, 0.05) is 18.0 Å². The van der Waals surface area contributed by atoms with Gasteiger partial charge in [0.25, 0.3) is 0 Å². The molecular weight excluding hydrogens is 236 g/mol. The summed E-state index contributed by atoms with van der Waals surface area (Å²) in [6, 6.07) is 13.5. The second-order valence-electron chi connectivity index (χ2n) is 4.44. The number of aromatic nitrogens is 2. The molecule has 1 aromatic heterocycles. The average Bonchev–Trinajstić information content (AvgIpc) is 2.47. The highest BCUT2D eigenvalue weighted by molar-refractivity contribution is 6.14. The molecule has 0 spiro atoms. The van der Waals surface area contributed by atoms with E-state index in [0.717, 1.165) is 16.3 Å². The van der Waals surface area contributed by atoms with E-state index in [1.54, 1.807) is 12.4 Å². The summed E-state index contributed by atoms with van der Waals surface area (Å²) in [7, 11) is 0. The molecular formula is C16H12N2O. The van der Waals surface area contributed by atoms with Gasteiger partial charge in [-0.15, -0.1) is 0 Å². The first-order valence-electron chi connectivity index (χ1n) is 6.07. The van der Waals surface area contributed by atoms with Crippen molar-refractivity contribution in [3.63, 3.8) is 0 Å². The number of rotatable bonds is 2. The molecule has 3 nitrogen and oxygen atoms in total. The monoisotopic (exact) mass is 248 g/mol. The van der Waals surface area contributed by atoms with Gasteiger partial charge in [0.2, 0.25) is 11.6 Å². The lowest BCUT2D eigenvalue weighted by Crippen LogP contribution is -2.07. The topological polar surface area (TPSA) is 42.9 Å². The van der Waals surface area contributed by atoms with Crippen molar-refractivity contribution in [2.75, 3.05) is 0 Å². The largest absolute Gasteiger partial charge is 0.285 e. The fraction of sp³-hybridized carbons (Fsp3) is 0.0625. The van der Waals surface area contributed by atoms with Crippen LogP contribution in [0.4, 0.5) is 0 Å². The molecule has 0 unspecified atom stereocenters. The van der Waals surface area contributed by atoms with Gasteiger partial charge in [-0.2, -0.15) is 0 Å². The van der Waals surface area contributed by atoms with Crippen LogP contribution < -0.4 is 0 Å². The SMILES string of the molecule is Cc1cnc(C(=O)c2cccc3ccccc23)nc1. The van der Waals surface area contributed by atoms with Crippen LogP contribution in [0.1, 0.15) is 21.7 Å². The van der Waals surface area contributed by atoms with Crippen molar-refractivity contribution in [1.82, 2.24) is 9.97 Å². The van der Waals surface area contributed by atoms with Gasteiger partial charge in [-0.1, -0.05) is 42.5 Å². The molecule has 3 rings (SSSR count). The van der Waals surface area contributed by atoms with Crippen molar-refractivity contribution < 1.29 is 4.79 Å². The zero-order chi connectivity index (χ0) is 13.2. The van der Waals surface area contributed by atoms with Gasteiger partial charge in [-0.3, -0.25) is 4.79 Å². The molecule has 92 valence electrons. The van der Waals surface area contributed by atoms with Gasteiger partial charge in [-0.25, -0.2) is 9.97 Å². The average molecular weight is 248 g/mol. The molecule has 0 aliphatic rings. The standard InChI is InChI=1S/C16H12N2O/c1-11-9-17-16(18-10-11)15(19)14-8-4-6-12-5-2-3-7-13(12)14/h2-10H,1H3. The molecule has 0 bridgehead atoms. The number of hydrogen-bond acceptors (Lipinski definition) is 3. The summed E-state index contributed by atoms with van der Waals surface area (Å²) >= 11 is 0. The summed E-state index contributed by atoms with van der Waals surface area (Å²) in [5.41, 5.74) is 1.58. The second-order valence-corrected chi connectivity index (χ2v) is 4.44. The Morgan fingerprint density at radius 2 is 1.63 bits per heavy atom. The van der Waals surface area contributed by atoms with Gasteiger partial charge in [-0.05, 0) is 23.3 Å². The minimum atomic E-state index is -0.142. The van der Waals surface area contributed by atoms with Crippen molar-refractivity contribution in [3.05, 3.63) is 71.8 Å². The van der Waals surface area contributed by atoms with Gasteiger partial charge in [0.15, 0.2) is 0 Å². The van der Waals surface area contributed by atoms with Crippen LogP contribution in [0, 0.1) is 6.92 Å². The predicted molar refractivity (Wildman–Crippen MR) is 74.1 cm³/mol. The highest BCUT2D eigenvalue weighted by Gasteiger charge is 2.14. The normalized spacial score (nSPS) is 10.6. The lowest BCUT2D eigenvalue weighted by Gasteiger charge is -2.04. The first-order valence-corrected chi connectivity index (χ1v) is 6.07. The molecule has 0 amide bonds. The number of carbonyl (C=O) groups is 1. The Labute approximate surface area is 111 Å². The quantitative estimate of drug-likeness (QED) is 0.654. The molecule has 3 aromatic rings. The Bertz CT molecular complexity index is 743. The molecule has 3 heteroatoms. The highest BCUT2D eigenvalue weighted by Crippen LogP contribution is 2.20. The fourth-order valence-corrected chi connectivity index (χ4v) is 2.05. The number of hydrogen-bond donors (Lipinski definition) is 0. The molecule has 0 aliphatic heterocycles. The Hall–Kier alpha value is -2.55. The van der Waals surface area contributed by atoms with Crippen molar-refractivity contribution in [1.29, 1.82) is 0 Å². The van der Waals surface area contributed by atoms with E-state index in [1.165, 1.54) is 0 Å². The molecule has 0 fully saturated rings. The maximum atomic E-state index is 12.4. The van der Waals surface area contributed by atoms with Crippen molar-refractivity contribution in [2.45, 2.75) is 6.92 Å². The van der Waals surface area contributed by atoms with Crippen LogP contribution in [0.3, 0.4) is 0 Å². The number of ketones is 1. The van der Waals surface area contributed by atoms with Crippen LogP contribution >= 0.6 is 0 Å². The number of fused-ring (bicyclic) bond motifs is 1. The summed E-state index contributed by atoms with van der Waals surface area (Å²) in [5.74, 6) is 0.0961. The maximum absolute atomic E-state index is 12.4. The van der Waals surface area contributed by atoms with Crippen molar-refractivity contribution in [3.8, 4) is 0 Å². The Kier molecular flexibility index (Phi) is 2.80. The van der Waals surface area contributed by atoms with Crippen LogP contribution in [0.2, 0.25) is 0 Å². The molecule has 1 heterocycles. The molecule has 0 N–H and O–H groups in total. The van der Waals surface area contributed by atoms with E-state index in [4.69, 9.17) is 0 Å². The second kappa shape index (κ2) is 4.61. The Morgan fingerprint density at radius 1 is 0.947 bits per heavy atom. The van der Waals surface area contributed by atoms with Crippen LogP contribution in [-0.4, -0.2) is 15.8 Å². The minimum Gasteiger partial charge on any atom is -0.285 e. The molecule has 0 aliphatic carbocycles. The van der Waals surface area contributed by atoms with Crippen LogP contribution in [0.15, 0.2) is 54.9 Å². The lowest BCUT2D eigenvalue weighted by molar-refractivity contribution is 0.103. The number of aryl methyl sites for hydroxylation is 1. The van der Waals surface area contributed by atoms with E-state index in [9.17, 15) is 4.79 Å². The first kappa shape index (κ1) is 11.5. The van der Waals surface area contributed by atoms with E-state index in [2.05, 4.69) is 9.97 Å². The Morgan fingerprint density at radius 3 is 2.42 bits per heavy atom. The molecule has 0 atom stereocenters. The third-order valence-electron chi connectivity index (χ3n) is 3.02. The van der Waals surface area contributed by atoms with E-state index >= 15 is 0 Å². The first-order chi connectivity index (χ1) is 9.25. The summed E-state index contributed by atoms with van der Waals surface area (Å²) < 4.78 is 0. The smallest absolute Gasteiger partial charge is 0.230 e. The molecule has 0 saturated carbocycles. The zero-order valence-corrected chi connectivity index (χ0v) is 10.5. The van der Waals surface area contributed by atoms with Crippen LogP contribution in [-0.2, 0) is 0 Å². The minimum absolute atomic E-state index is 0.142. The van der Waals surface area contributed by atoms with E-state index < -0.39 is 0 Å². The van der Waals surface area contributed by atoms with Gasteiger partial charge in [0.1, 0.15) is 0 Å². The fourth-order valence-electron chi connectivity index (χ4n) is 2.05. The number of carbonyl (C=O) groups excluding carboxylic acids is 1. The maximum Gasteiger partial charge on any atom is 0.230 e. The van der Waals surface area contributed by atoms with Gasteiger partial charge < -0.3 is 0 Å². The highest BCUT2D eigenvalue weighted by atomic mass is 16.1. The van der Waals surface area contributed by atoms with Crippen molar-refractivity contribution in [2.24, 2.45) is 0 Å². The Balaban J connectivity index is 2.14. The van der Waals surface area contributed by atoms with E-state index in [1.807, 2.05) is 49.4 Å².